The average molecular weight is 290 g/mol. The summed E-state index contributed by atoms with van der Waals surface area (Å²) in [5, 5.41) is 4.82. The van der Waals surface area contributed by atoms with E-state index < -0.39 is 11.9 Å². The second-order valence-electron chi connectivity index (χ2n) is 4.24. The van der Waals surface area contributed by atoms with Gasteiger partial charge in [0.2, 0.25) is 0 Å². The zero-order valence-corrected chi connectivity index (χ0v) is 12.0. The molecule has 1 aromatic rings. The second kappa shape index (κ2) is 6.61. The number of thiophene rings is 1. The number of carbonyl (C=O) groups is 2. The number of halogens is 1. The van der Waals surface area contributed by atoms with Crippen molar-refractivity contribution < 1.29 is 9.59 Å². The third-order valence-corrected chi connectivity index (χ3v) is 3.76. The molecule has 1 rings (SSSR count). The number of nitrogens with one attached hydrogen (secondary N) is 3. The van der Waals surface area contributed by atoms with Gasteiger partial charge in [-0.3, -0.25) is 10.2 Å². The van der Waals surface area contributed by atoms with Crippen molar-refractivity contribution in [3.8, 4) is 0 Å². The molecule has 1 heterocycles. The Bertz CT molecular complexity index is 445. The molecule has 0 saturated heterocycles. The van der Waals surface area contributed by atoms with Crippen molar-refractivity contribution in [2.45, 2.75) is 20.8 Å². The maximum absolute atomic E-state index is 11.7. The summed E-state index contributed by atoms with van der Waals surface area (Å²) in [6.45, 7) is 6.32. The highest BCUT2D eigenvalue weighted by molar-refractivity contribution is 7.13. The van der Waals surface area contributed by atoms with Crippen LogP contribution in [-0.2, 0) is 0 Å². The quantitative estimate of drug-likeness (QED) is 0.747. The largest absolute Gasteiger partial charge is 0.336 e. The third kappa shape index (κ3) is 4.19. The average Bonchev–Trinajstić information content (AvgIpc) is 2.64. The predicted molar refractivity (Wildman–Crippen MR) is 72.9 cm³/mol. The topological polar surface area (TPSA) is 70.2 Å². The van der Waals surface area contributed by atoms with Crippen molar-refractivity contribution in [3.05, 3.63) is 20.8 Å². The van der Waals surface area contributed by atoms with E-state index in [4.69, 9.17) is 11.6 Å². The van der Waals surface area contributed by atoms with E-state index >= 15 is 0 Å². The van der Waals surface area contributed by atoms with E-state index in [1.165, 1.54) is 11.3 Å². The number of hydrogen-bond donors (Lipinski definition) is 3. The minimum Gasteiger partial charge on any atom is -0.336 e. The molecule has 0 bridgehead atoms. The van der Waals surface area contributed by atoms with Crippen LogP contribution in [0.15, 0.2) is 5.38 Å². The Kier molecular flexibility index (Phi) is 5.43. The Morgan fingerprint density at radius 2 is 2.06 bits per heavy atom. The van der Waals surface area contributed by atoms with Crippen LogP contribution in [0.4, 0.5) is 4.79 Å². The Labute approximate surface area is 115 Å². The lowest BCUT2D eigenvalue weighted by Crippen LogP contribution is -2.47. The molecule has 0 aliphatic rings. The van der Waals surface area contributed by atoms with Gasteiger partial charge in [0.05, 0.1) is 5.02 Å². The summed E-state index contributed by atoms with van der Waals surface area (Å²) in [5.74, 6) is -0.0707. The van der Waals surface area contributed by atoms with Crippen LogP contribution in [0.5, 0.6) is 0 Å². The molecule has 5 nitrogen and oxygen atoms in total. The number of urea groups is 1. The van der Waals surface area contributed by atoms with Gasteiger partial charge in [-0.2, -0.15) is 0 Å². The Hall–Kier alpha value is -1.27. The smallest absolute Gasteiger partial charge is 0.333 e. The minimum atomic E-state index is -0.443. The highest BCUT2D eigenvalue weighted by Crippen LogP contribution is 2.26. The molecule has 100 valence electrons. The van der Waals surface area contributed by atoms with Gasteiger partial charge in [-0.15, -0.1) is 11.3 Å². The Morgan fingerprint density at radius 3 is 2.56 bits per heavy atom. The van der Waals surface area contributed by atoms with E-state index in [0.29, 0.717) is 22.4 Å². The summed E-state index contributed by atoms with van der Waals surface area (Å²) in [6, 6.07) is -0.443. The third-order valence-electron chi connectivity index (χ3n) is 2.07. The van der Waals surface area contributed by atoms with Crippen molar-refractivity contribution >= 4 is 34.9 Å². The van der Waals surface area contributed by atoms with Gasteiger partial charge in [-0.05, 0) is 23.8 Å². The maximum atomic E-state index is 11.7. The Morgan fingerprint density at radius 1 is 1.39 bits per heavy atom. The molecule has 3 amide bonds. The first-order valence-electron chi connectivity index (χ1n) is 5.49. The molecular formula is C11H16ClN3O2S. The lowest BCUT2D eigenvalue weighted by molar-refractivity contribution is 0.0940. The summed E-state index contributed by atoms with van der Waals surface area (Å²) in [5.41, 5.74) is 5.42. The molecule has 0 unspecified atom stereocenters. The van der Waals surface area contributed by atoms with Gasteiger partial charge in [-0.1, -0.05) is 25.4 Å². The van der Waals surface area contributed by atoms with Crippen molar-refractivity contribution in [2.24, 2.45) is 5.92 Å². The zero-order chi connectivity index (χ0) is 13.7. The van der Waals surface area contributed by atoms with Crippen LogP contribution < -0.4 is 16.2 Å². The number of rotatable bonds is 3. The normalized spacial score (nSPS) is 10.3. The summed E-state index contributed by atoms with van der Waals surface area (Å²) in [4.78, 5) is 23.4. The fourth-order valence-electron chi connectivity index (χ4n) is 1.09. The number of aryl methyl sites for hydroxylation is 1. The van der Waals surface area contributed by atoms with Crippen LogP contribution >= 0.6 is 22.9 Å². The molecule has 0 saturated carbocycles. The molecule has 1 aromatic heterocycles. The van der Waals surface area contributed by atoms with Crippen LogP contribution in [0.2, 0.25) is 5.02 Å². The molecule has 0 fully saturated rings. The monoisotopic (exact) mass is 289 g/mol. The van der Waals surface area contributed by atoms with Gasteiger partial charge in [0.15, 0.2) is 0 Å². The first-order valence-corrected chi connectivity index (χ1v) is 6.75. The molecule has 18 heavy (non-hydrogen) atoms. The van der Waals surface area contributed by atoms with Crippen molar-refractivity contribution in [2.75, 3.05) is 6.54 Å². The number of hydrogen-bond acceptors (Lipinski definition) is 3. The fraction of sp³-hybridized carbons (Fsp3) is 0.455. The summed E-state index contributed by atoms with van der Waals surface area (Å²) in [7, 11) is 0. The van der Waals surface area contributed by atoms with Gasteiger partial charge >= 0.3 is 6.03 Å². The fourth-order valence-corrected chi connectivity index (χ4v) is 2.27. The minimum absolute atomic E-state index is 0.348. The van der Waals surface area contributed by atoms with Crippen LogP contribution in [-0.4, -0.2) is 18.5 Å². The number of amides is 3. The van der Waals surface area contributed by atoms with Crippen LogP contribution in [0.25, 0.3) is 0 Å². The van der Waals surface area contributed by atoms with E-state index in [1.807, 2.05) is 20.8 Å². The van der Waals surface area contributed by atoms with E-state index in [9.17, 15) is 9.59 Å². The maximum Gasteiger partial charge on any atom is 0.333 e. The molecule has 3 N–H and O–H groups in total. The van der Waals surface area contributed by atoms with E-state index in [1.54, 1.807) is 5.38 Å². The molecule has 0 aliphatic carbocycles. The van der Waals surface area contributed by atoms with Gasteiger partial charge in [0.25, 0.3) is 5.91 Å². The molecule has 0 aromatic carbocycles. The van der Waals surface area contributed by atoms with Gasteiger partial charge in [0.1, 0.15) is 4.88 Å². The van der Waals surface area contributed by atoms with E-state index in [2.05, 4.69) is 16.2 Å². The standard InChI is InChI=1S/C11H16ClN3O2S/c1-6(2)4-13-11(17)15-14-10(16)9-8(12)7(3)5-18-9/h5-6H,4H2,1-3H3,(H,14,16)(H2,13,15,17). The molecule has 7 heteroatoms. The first kappa shape index (κ1) is 14.8. The highest BCUT2D eigenvalue weighted by atomic mass is 35.5. The lowest BCUT2D eigenvalue weighted by atomic mass is 10.2. The predicted octanol–water partition coefficient (Wildman–Crippen LogP) is 2.31. The van der Waals surface area contributed by atoms with Crippen molar-refractivity contribution in [3.63, 3.8) is 0 Å². The first-order chi connectivity index (χ1) is 8.41. The molecule has 0 spiro atoms. The molecule has 0 atom stereocenters. The van der Waals surface area contributed by atoms with Crippen LogP contribution in [0.1, 0.15) is 29.1 Å². The van der Waals surface area contributed by atoms with Crippen molar-refractivity contribution in [1.82, 2.24) is 16.2 Å². The number of carbonyl (C=O) groups excluding carboxylic acids is 2. The van der Waals surface area contributed by atoms with Crippen LogP contribution in [0, 0.1) is 12.8 Å². The number of hydrazine groups is 1. The van der Waals surface area contributed by atoms with Crippen LogP contribution in [0.3, 0.4) is 0 Å². The van der Waals surface area contributed by atoms with Gasteiger partial charge < -0.3 is 5.32 Å². The Balaban J connectivity index is 2.42. The van der Waals surface area contributed by atoms with Gasteiger partial charge in [-0.25, -0.2) is 10.2 Å². The lowest BCUT2D eigenvalue weighted by Gasteiger charge is -2.09. The summed E-state index contributed by atoms with van der Waals surface area (Å²) < 4.78 is 0. The SMILES string of the molecule is Cc1csc(C(=O)NNC(=O)NCC(C)C)c1Cl. The second-order valence-corrected chi connectivity index (χ2v) is 5.50. The van der Waals surface area contributed by atoms with E-state index in [-0.39, 0.29) is 0 Å². The molecular weight excluding hydrogens is 274 g/mol. The highest BCUT2D eigenvalue weighted by Gasteiger charge is 2.14. The molecule has 0 radical (unpaired) electrons. The summed E-state index contributed by atoms with van der Waals surface area (Å²) >= 11 is 7.18. The van der Waals surface area contributed by atoms with E-state index in [0.717, 1.165) is 5.56 Å². The van der Waals surface area contributed by atoms with Gasteiger partial charge in [0, 0.05) is 6.54 Å². The van der Waals surface area contributed by atoms with Crippen molar-refractivity contribution in [1.29, 1.82) is 0 Å². The molecule has 0 aliphatic heterocycles. The summed E-state index contributed by atoms with van der Waals surface area (Å²) in [6.07, 6.45) is 0. The zero-order valence-electron chi connectivity index (χ0n) is 10.5.